The normalized spacial score (nSPS) is 17.7. The largest absolute Gasteiger partial charge is 0.392 e. The first-order valence-corrected chi connectivity index (χ1v) is 7.00. The zero-order valence-electron chi connectivity index (χ0n) is 11.8. The van der Waals surface area contributed by atoms with Crippen molar-refractivity contribution in [1.82, 2.24) is 4.90 Å². The maximum atomic E-state index is 14.0. The molecule has 0 bridgehead atoms. The van der Waals surface area contributed by atoms with Crippen LogP contribution >= 0.6 is 0 Å². The molecular weight excluding hydrogens is 243 g/mol. The third kappa shape index (κ3) is 3.07. The number of piperidine rings is 1. The number of rotatable bonds is 4. The molecule has 0 unspecified atom stereocenters. The second kappa shape index (κ2) is 6.35. The SMILES string of the molecule is CCN1CCC(N(C)c2c(F)cccc2CO)CC1. The van der Waals surface area contributed by atoms with Crippen LogP contribution in [0.3, 0.4) is 0 Å². The minimum atomic E-state index is -0.244. The molecule has 1 saturated heterocycles. The summed E-state index contributed by atoms with van der Waals surface area (Å²) in [7, 11) is 1.93. The average Bonchev–Trinajstić information content (AvgIpc) is 2.46. The van der Waals surface area contributed by atoms with Gasteiger partial charge in [-0.2, -0.15) is 0 Å². The summed E-state index contributed by atoms with van der Waals surface area (Å²) in [5, 5.41) is 9.37. The van der Waals surface area contributed by atoms with Crippen LogP contribution in [-0.2, 0) is 6.61 Å². The molecule has 1 aliphatic rings. The van der Waals surface area contributed by atoms with E-state index in [1.165, 1.54) is 6.07 Å². The van der Waals surface area contributed by atoms with Crippen LogP contribution in [0.2, 0.25) is 0 Å². The van der Waals surface area contributed by atoms with E-state index in [4.69, 9.17) is 0 Å². The molecule has 3 nitrogen and oxygen atoms in total. The molecule has 1 fully saturated rings. The number of nitrogens with zero attached hydrogens (tertiary/aromatic N) is 2. The minimum absolute atomic E-state index is 0.120. The first kappa shape index (κ1) is 14.3. The lowest BCUT2D eigenvalue weighted by atomic mass is 10.0. The molecule has 19 heavy (non-hydrogen) atoms. The van der Waals surface area contributed by atoms with E-state index >= 15 is 0 Å². The topological polar surface area (TPSA) is 26.7 Å². The Labute approximate surface area is 114 Å². The van der Waals surface area contributed by atoms with E-state index in [1.807, 2.05) is 11.9 Å². The first-order valence-electron chi connectivity index (χ1n) is 7.00. The summed E-state index contributed by atoms with van der Waals surface area (Å²) in [6.45, 7) is 5.26. The minimum Gasteiger partial charge on any atom is -0.392 e. The van der Waals surface area contributed by atoms with Gasteiger partial charge in [-0.3, -0.25) is 0 Å². The quantitative estimate of drug-likeness (QED) is 0.905. The van der Waals surface area contributed by atoms with E-state index < -0.39 is 0 Å². The smallest absolute Gasteiger partial charge is 0.146 e. The number of hydrogen-bond acceptors (Lipinski definition) is 3. The van der Waals surface area contributed by atoms with Crippen LogP contribution in [0.4, 0.5) is 10.1 Å². The molecule has 0 aliphatic carbocycles. The molecule has 0 amide bonds. The summed E-state index contributed by atoms with van der Waals surface area (Å²) >= 11 is 0. The number of likely N-dealkylation sites (tertiary alicyclic amines) is 1. The molecule has 0 aromatic heterocycles. The van der Waals surface area contributed by atoms with E-state index in [1.54, 1.807) is 12.1 Å². The van der Waals surface area contributed by atoms with Crippen molar-refractivity contribution in [2.75, 3.05) is 31.6 Å². The van der Waals surface area contributed by atoms with Gasteiger partial charge in [-0.1, -0.05) is 19.1 Å². The van der Waals surface area contributed by atoms with Gasteiger partial charge in [0.05, 0.1) is 12.3 Å². The van der Waals surface area contributed by atoms with Crippen molar-refractivity contribution < 1.29 is 9.50 Å². The van der Waals surface area contributed by atoms with Crippen LogP contribution in [0.15, 0.2) is 18.2 Å². The van der Waals surface area contributed by atoms with Gasteiger partial charge < -0.3 is 14.9 Å². The van der Waals surface area contributed by atoms with E-state index in [0.29, 0.717) is 17.3 Å². The van der Waals surface area contributed by atoms with Crippen molar-refractivity contribution in [2.24, 2.45) is 0 Å². The Kier molecular flexibility index (Phi) is 4.77. The molecule has 2 rings (SSSR count). The van der Waals surface area contributed by atoms with Crippen LogP contribution < -0.4 is 4.90 Å². The van der Waals surface area contributed by atoms with Crippen molar-refractivity contribution in [2.45, 2.75) is 32.4 Å². The van der Waals surface area contributed by atoms with E-state index in [0.717, 1.165) is 32.5 Å². The van der Waals surface area contributed by atoms with Gasteiger partial charge in [-0.05, 0) is 25.5 Å². The van der Waals surface area contributed by atoms with Gasteiger partial charge in [0.25, 0.3) is 0 Å². The fourth-order valence-electron chi connectivity index (χ4n) is 2.89. The molecule has 1 aromatic carbocycles. The van der Waals surface area contributed by atoms with E-state index in [-0.39, 0.29) is 12.4 Å². The maximum absolute atomic E-state index is 14.0. The summed E-state index contributed by atoms with van der Waals surface area (Å²) in [5.41, 5.74) is 1.22. The summed E-state index contributed by atoms with van der Waals surface area (Å²) in [4.78, 5) is 4.42. The Balaban J connectivity index is 2.14. The van der Waals surface area contributed by atoms with Crippen molar-refractivity contribution in [3.05, 3.63) is 29.6 Å². The Hall–Kier alpha value is -1.13. The standard InChI is InChI=1S/C15H23FN2O/c1-3-18-9-7-13(8-10-18)17(2)15-12(11-19)5-4-6-14(15)16/h4-6,13,19H,3,7-11H2,1-2H3. The van der Waals surface area contributed by atoms with Crippen LogP contribution in [0.5, 0.6) is 0 Å². The van der Waals surface area contributed by atoms with Crippen molar-refractivity contribution in [1.29, 1.82) is 0 Å². The molecule has 1 heterocycles. The van der Waals surface area contributed by atoms with Gasteiger partial charge >= 0.3 is 0 Å². The predicted molar refractivity (Wildman–Crippen MR) is 75.9 cm³/mol. The van der Waals surface area contributed by atoms with Crippen LogP contribution in [0.25, 0.3) is 0 Å². The Morgan fingerprint density at radius 2 is 2.05 bits per heavy atom. The average molecular weight is 266 g/mol. The number of aliphatic hydroxyl groups excluding tert-OH is 1. The predicted octanol–water partition coefficient (Wildman–Crippen LogP) is 2.24. The molecule has 1 aliphatic heterocycles. The van der Waals surface area contributed by atoms with E-state index in [2.05, 4.69) is 11.8 Å². The molecule has 106 valence electrons. The number of anilines is 1. The van der Waals surface area contributed by atoms with Gasteiger partial charge in [0.2, 0.25) is 0 Å². The Bertz CT molecular complexity index is 417. The molecular formula is C15H23FN2O. The monoisotopic (exact) mass is 266 g/mol. The third-order valence-electron chi connectivity index (χ3n) is 4.15. The second-order valence-electron chi connectivity index (χ2n) is 5.18. The summed E-state index contributed by atoms with van der Waals surface area (Å²) < 4.78 is 14.0. The first-order chi connectivity index (χ1) is 9.17. The number of halogens is 1. The molecule has 0 radical (unpaired) electrons. The highest BCUT2D eigenvalue weighted by Gasteiger charge is 2.24. The highest BCUT2D eigenvalue weighted by atomic mass is 19.1. The van der Waals surface area contributed by atoms with Crippen LogP contribution in [0, 0.1) is 5.82 Å². The number of aliphatic hydroxyl groups is 1. The van der Waals surface area contributed by atoms with Gasteiger partial charge in [0.1, 0.15) is 5.82 Å². The lowest BCUT2D eigenvalue weighted by molar-refractivity contribution is 0.220. The third-order valence-corrected chi connectivity index (χ3v) is 4.15. The van der Waals surface area contributed by atoms with Crippen LogP contribution in [-0.4, -0.2) is 42.7 Å². The highest BCUT2D eigenvalue weighted by molar-refractivity contribution is 5.55. The Morgan fingerprint density at radius 3 is 2.63 bits per heavy atom. The highest BCUT2D eigenvalue weighted by Crippen LogP contribution is 2.28. The van der Waals surface area contributed by atoms with Crippen molar-refractivity contribution >= 4 is 5.69 Å². The molecule has 1 aromatic rings. The molecule has 0 spiro atoms. The second-order valence-corrected chi connectivity index (χ2v) is 5.18. The van der Waals surface area contributed by atoms with Gasteiger partial charge in [-0.25, -0.2) is 4.39 Å². The van der Waals surface area contributed by atoms with Crippen molar-refractivity contribution in [3.63, 3.8) is 0 Å². The lowest BCUT2D eigenvalue weighted by Crippen LogP contribution is -2.43. The van der Waals surface area contributed by atoms with Gasteiger partial charge in [-0.15, -0.1) is 0 Å². The molecule has 0 saturated carbocycles. The lowest BCUT2D eigenvalue weighted by Gasteiger charge is -2.38. The fourth-order valence-corrected chi connectivity index (χ4v) is 2.89. The summed E-state index contributed by atoms with van der Waals surface area (Å²) in [5.74, 6) is -0.244. The number of para-hydroxylation sites is 1. The maximum Gasteiger partial charge on any atom is 0.146 e. The van der Waals surface area contributed by atoms with Crippen molar-refractivity contribution in [3.8, 4) is 0 Å². The van der Waals surface area contributed by atoms with Crippen LogP contribution in [0.1, 0.15) is 25.3 Å². The Morgan fingerprint density at radius 1 is 1.37 bits per heavy atom. The van der Waals surface area contributed by atoms with Gasteiger partial charge in [0, 0.05) is 31.7 Å². The zero-order chi connectivity index (χ0) is 13.8. The summed E-state index contributed by atoms with van der Waals surface area (Å²) in [6, 6.07) is 5.25. The zero-order valence-corrected chi connectivity index (χ0v) is 11.8. The summed E-state index contributed by atoms with van der Waals surface area (Å²) in [6.07, 6.45) is 2.09. The number of hydrogen-bond donors (Lipinski definition) is 1. The fraction of sp³-hybridized carbons (Fsp3) is 0.600. The molecule has 1 N–H and O–H groups in total. The number of benzene rings is 1. The van der Waals surface area contributed by atoms with Gasteiger partial charge in [0.15, 0.2) is 0 Å². The molecule has 4 heteroatoms. The van der Waals surface area contributed by atoms with E-state index in [9.17, 15) is 9.50 Å². The molecule has 0 atom stereocenters.